The number of carboxylic acids is 1. The molecule has 0 amide bonds. The van der Waals surface area contributed by atoms with Crippen molar-refractivity contribution in [3.8, 4) is 5.75 Å². The van der Waals surface area contributed by atoms with Crippen molar-refractivity contribution in [3.63, 3.8) is 0 Å². The average molecular weight is 283 g/mol. The summed E-state index contributed by atoms with van der Waals surface area (Å²) in [6.07, 6.45) is 0.887. The van der Waals surface area contributed by atoms with Crippen LogP contribution in [0.15, 0.2) is 24.3 Å². The second-order valence-electron chi connectivity index (χ2n) is 4.64. The molecule has 0 aliphatic rings. The minimum absolute atomic E-state index is 0.137. The fraction of sp³-hybridized carbons (Fsp3) is 0.429. The molecule has 1 aromatic carbocycles. The molecule has 0 saturated carbocycles. The highest BCUT2D eigenvalue weighted by molar-refractivity contribution is 5.79. The highest BCUT2D eigenvalue weighted by Gasteiger charge is 2.34. The topological polar surface area (TPSA) is 89.6 Å². The van der Waals surface area contributed by atoms with E-state index in [1.165, 1.54) is 12.1 Å². The smallest absolute Gasteiger partial charge is 0.326 e. The first-order chi connectivity index (χ1) is 9.41. The maximum Gasteiger partial charge on any atom is 0.326 e. The van der Waals surface area contributed by atoms with Crippen LogP contribution in [0.5, 0.6) is 5.75 Å². The number of hydrogen-bond acceptors (Lipinski definition) is 4. The molecular weight excluding hydrogens is 265 g/mol. The fourth-order valence-corrected chi connectivity index (χ4v) is 1.61. The molecule has 0 unspecified atom stereocenters. The SMILES string of the molecule is CCCC(=O)Oc1ccc(C[C@](N)(CF)C(=O)O)cc1. The Morgan fingerprint density at radius 1 is 1.35 bits per heavy atom. The normalized spacial score (nSPS) is 13.6. The van der Waals surface area contributed by atoms with Crippen LogP contribution in [0.4, 0.5) is 4.39 Å². The van der Waals surface area contributed by atoms with Crippen molar-refractivity contribution in [3.05, 3.63) is 29.8 Å². The number of alkyl halides is 1. The molecule has 1 rings (SSSR count). The predicted molar refractivity (Wildman–Crippen MR) is 71.2 cm³/mol. The maximum atomic E-state index is 12.7. The van der Waals surface area contributed by atoms with E-state index in [2.05, 4.69) is 0 Å². The van der Waals surface area contributed by atoms with Gasteiger partial charge in [-0.3, -0.25) is 9.59 Å². The molecule has 1 aromatic rings. The van der Waals surface area contributed by atoms with Gasteiger partial charge < -0.3 is 15.6 Å². The van der Waals surface area contributed by atoms with Crippen LogP contribution in [0.3, 0.4) is 0 Å². The van der Waals surface area contributed by atoms with Gasteiger partial charge in [-0.1, -0.05) is 19.1 Å². The Kier molecular flexibility index (Phi) is 5.64. The van der Waals surface area contributed by atoms with Gasteiger partial charge >= 0.3 is 11.9 Å². The van der Waals surface area contributed by atoms with Crippen LogP contribution in [0.1, 0.15) is 25.3 Å². The van der Waals surface area contributed by atoms with Gasteiger partial charge in [-0.05, 0) is 24.1 Å². The summed E-state index contributed by atoms with van der Waals surface area (Å²) in [7, 11) is 0. The second kappa shape index (κ2) is 7.00. The van der Waals surface area contributed by atoms with Crippen molar-refractivity contribution in [1.29, 1.82) is 0 Å². The summed E-state index contributed by atoms with van der Waals surface area (Å²) in [5.41, 5.74) is 4.10. The highest BCUT2D eigenvalue weighted by atomic mass is 19.1. The lowest BCUT2D eigenvalue weighted by molar-refractivity contribution is -0.144. The Morgan fingerprint density at radius 2 is 1.95 bits per heavy atom. The third kappa shape index (κ3) is 4.31. The lowest BCUT2D eigenvalue weighted by Gasteiger charge is -2.20. The number of benzene rings is 1. The number of hydrogen-bond donors (Lipinski definition) is 2. The van der Waals surface area contributed by atoms with Gasteiger partial charge in [-0.2, -0.15) is 0 Å². The summed E-state index contributed by atoms with van der Waals surface area (Å²) in [5.74, 6) is -1.36. The summed E-state index contributed by atoms with van der Waals surface area (Å²) in [5, 5.41) is 8.89. The van der Waals surface area contributed by atoms with E-state index < -0.39 is 18.2 Å². The number of rotatable bonds is 7. The Balaban J connectivity index is 2.72. The number of halogens is 1. The molecule has 20 heavy (non-hydrogen) atoms. The van der Waals surface area contributed by atoms with E-state index in [0.29, 0.717) is 24.2 Å². The van der Waals surface area contributed by atoms with Crippen LogP contribution in [0.25, 0.3) is 0 Å². The minimum Gasteiger partial charge on any atom is -0.480 e. The van der Waals surface area contributed by atoms with Gasteiger partial charge in [0.05, 0.1) is 0 Å². The molecule has 0 fully saturated rings. The lowest BCUT2D eigenvalue weighted by atomic mass is 9.93. The number of carbonyl (C=O) groups is 2. The van der Waals surface area contributed by atoms with E-state index in [9.17, 15) is 14.0 Å². The Hall–Kier alpha value is -1.95. The van der Waals surface area contributed by atoms with Crippen molar-refractivity contribution in [1.82, 2.24) is 0 Å². The molecular formula is C14H18FNO4. The number of esters is 1. The predicted octanol–water partition coefficient (Wildman–Crippen LogP) is 1.69. The van der Waals surface area contributed by atoms with Crippen LogP contribution < -0.4 is 10.5 Å². The number of aliphatic carboxylic acids is 1. The molecule has 0 spiro atoms. The quantitative estimate of drug-likeness (QED) is 0.587. The summed E-state index contributed by atoms with van der Waals surface area (Å²) >= 11 is 0. The number of carbonyl (C=O) groups excluding carboxylic acids is 1. The standard InChI is InChI=1S/C14H18FNO4/c1-2-3-12(17)20-11-6-4-10(5-7-11)8-14(16,9-15)13(18)19/h4-7H,2-3,8-9,16H2,1H3,(H,18,19)/t14-/m0/s1. The van der Waals surface area contributed by atoms with Crippen molar-refractivity contribution < 1.29 is 23.8 Å². The first-order valence-electron chi connectivity index (χ1n) is 6.29. The third-order valence-corrected chi connectivity index (χ3v) is 2.79. The molecule has 6 heteroatoms. The van der Waals surface area contributed by atoms with Gasteiger partial charge in [0.2, 0.25) is 0 Å². The fourth-order valence-electron chi connectivity index (χ4n) is 1.61. The molecule has 3 N–H and O–H groups in total. The van der Waals surface area contributed by atoms with Gasteiger partial charge in [-0.15, -0.1) is 0 Å². The number of carboxylic acid groups (broad SMARTS) is 1. The molecule has 0 bridgehead atoms. The zero-order valence-corrected chi connectivity index (χ0v) is 11.3. The van der Waals surface area contributed by atoms with E-state index in [1.807, 2.05) is 6.92 Å². The first-order valence-corrected chi connectivity index (χ1v) is 6.29. The molecule has 0 heterocycles. The highest BCUT2D eigenvalue weighted by Crippen LogP contribution is 2.17. The molecule has 0 aliphatic carbocycles. The molecule has 0 aliphatic heterocycles. The van der Waals surface area contributed by atoms with E-state index in [0.717, 1.165) is 0 Å². The zero-order chi connectivity index (χ0) is 15.2. The molecule has 110 valence electrons. The van der Waals surface area contributed by atoms with Crippen molar-refractivity contribution in [2.45, 2.75) is 31.7 Å². The van der Waals surface area contributed by atoms with Crippen LogP contribution in [0.2, 0.25) is 0 Å². The number of ether oxygens (including phenoxy) is 1. The van der Waals surface area contributed by atoms with E-state index in [4.69, 9.17) is 15.6 Å². The maximum absolute atomic E-state index is 12.7. The molecule has 5 nitrogen and oxygen atoms in total. The van der Waals surface area contributed by atoms with Gasteiger partial charge in [0.1, 0.15) is 18.0 Å². The zero-order valence-electron chi connectivity index (χ0n) is 11.3. The Labute approximate surface area is 116 Å². The molecule has 0 saturated heterocycles. The summed E-state index contributed by atoms with van der Waals surface area (Å²) in [6, 6.07) is 6.19. The van der Waals surface area contributed by atoms with Crippen LogP contribution in [0, 0.1) is 0 Å². The molecule has 0 radical (unpaired) electrons. The lowest BCUT2D eigenvalue weighted by Crippen LogP contribution is -2.52. The first kappa shape index (κ1) is 16.1. The van der Waals surface area contributed by atoms with Gasteiger partial charge in [-0.25, -0.2) is 4.39 Å². The Bertz CT molecular complexity index is 475. The van der Waals surface area contributed by atoms with Crippen LogP contribution >= 0.6 is 0 Å². The largest absolute Gasteiger partial charge is 0.480 e. The van der Waals surface area contributed by atoms with Crippen LogP contribution in [-0.2, 0) is 16.0 Å². The van der Waals surface area contributed by atoms with Crippen molar-refractivity contribution in [2.75, 3.05) is 6.67 Å². The van der Waals surface area contributed by atoms with Gasteiger partial charge in [0.25, 0.3) is 0 Å². The Morgan fingerprint density at radius 3 is 2.40 bits per heavy atom. The van der Waals surface area contributed by atoms with Crippen molar-refractivity contribution in [2.24, 2.45) is 5.73 Å². The van der Waals surface area contributed by atoms with E-state index in [-0.39, 0.29) is 12.4 Å². The third-order valence-electron chi connectivity index (χ3n) is 2.79. The van der Waals surface area contributed by atoms with Gasteiger partial charge in [0.15, 0.2) is 0 Å². The monoisotopic (exact) mass is 283 g/mol. The molecule has 0 aromatic heterocycles. The summed E-state index contributed by atoms with van der Waals surface area (Å²) in [4.78, 5) is 22.2. The molecule has 1 atom stereocenters. The van der Waals surface area contributed by atoms with Crippen molar-refractivity contribution >= 4 is 11.9 Å². The average Bonchev–Trinajstić information content (AvgIpc) is 2.41. The van der Waals surface area contributed by atoms with Crippen LogP contribution in [-0.4, -0.2) is 29.3 Å². The van der Waals surface area contributed by atoms with E-state index >= 15 is 0 Å². The minimum atomic E-state index is -1.93. The van der Waals surface area contributed by atoms with Gasteiger partial charge in [0, 0.05) is 12.8 Å². The summed E-state index contributed by atoms with van der Waals surface area (Å²) < 4.78 is 17.8. The van der Waals surface area contributed by atoms with E-state index in [1.54, 1.807) is 12.1 Å². The number of nitrogens with two attached hydrogens (primary N) is 1. The summed E-state index contributed by atoms with van der Waals surface area (Å²) in [6.45, 7) is 0.712. The second-order valence-corrected chi connectivity index (χ2v) is 4.64.